The molecule has 3 heterocycles. The van der Waals surface area contributed by atoms with Crippen molar-refractivity contribution < 1.29 is 14.3 Å². The maximum absolute atomic E-state index is 12.3. The van der Waals surface area contributed by atoms with E-state index in [0.29, 0.717) is 30.6 Å². The minimum atomic E-state index is -0.205. The molecule has 3 rings (SSSR count). The van der Waals surface area contributed by atoms with Gasteiger partial charge >= 0.3 is 6.09 Å². The molecule has 1 aromatic rings. The molecule has 0 aromatic carbocycles. The lowest BCUT2D eigenvalue weighted by Gasteiger charge is -2.37. The molecule has 0 saturated carbocycles. The van der Waals surface area contributed by atoms with Crippen LogP contribution in [0.25, 0.3) is 0 Å². The number of carbonyl (C=O) groups excluding carboxylic acids is 2. The van der Waals surface area contributed by atoms with E-state index in [-0.39, 0.29) is 24.1 Å². The Morgan fingerprint density at radius 1 is 1.33 bits per heavy atom. The van der Waals surface area contributed by atoms with Gasteiger partial charge in [-0.2, -0.15) is 0 Å². The predicted molar refractivity (Wildman–Crippen MR) is 89.6 cm³/mol. The number of amides is 2. The third kappa shape index (κ3) is 3.80. The van der Waals surface area contributed by atoms with Gasteiger partial charge in [0, 0.05) is 31.5 Å². The van der Waals surface area contributed by atoms with Crippen LogP contribution in [-0.4, -0.2) is 69.3 Å². The van der Waals surface area contributed by atoms with Gasteiger partial charge in [0.15, 0.2) is 5.16 Å². The third-order valence-electron chi connectivity index (χ3n) is 4.55. The maximum Gasteiger partial charge on any atom is 0.410 e. The number of carbonyl (C=O) groups is 2. The van der Waals surface area contributed by atoms with Crippen molar-refractivity contribution in [2.45, 2.75) is 43.4 Å². The van der Waals surface area contributed by atoms with E-state index in [9.17, 15) is 9.59 Å². The van der Waals surface area contributed by atoms with Gasteiger partial charge in [0.25, 0.3) is 0 Å². The monoisotopic (exact) mass is 350 g/mol. The van der Waals surface area contributed by atoms with E-state index in [1.165, 1.54) is 11.8 Å². The zero-order valence-electron chi connectivity index (χ0n) is 13.8. The van der Waals surface area contributed by atoms with E-state index >= 15 is 0 Å². The van der Waals surface area contributed by atoms with Crippen LogP contribution in [0.15, 0.2) is 23.6 Å². The molecule has 0 aliphatic carbocycles. The van der Waals surface area contributed by atoms with Crippen LogP contribution in [-0.2, 0) is 9.53 Å². The molecule has 130 valence electrons. The molecule has 0 N–H and O–H groups in total. The zero-order valence-corrected chi connectivity index (χ0v) is 14.6. The van der Waals surface area contributed by atoms with Gasteiger partial charge < -0.3 is 9.64 Å². The number of cyclic esters (lactones) is 1. The highest BCUT2D eigenvalue weighted by Gasteiger charge is 2.38. The molecule has 1 atom stereocenters. The Balaban J connectivity index is 1.48. The van der Waals surface area contributed by atoms with Crippen LogP contribution in [0.5, 0.6) is 0 Å². The predicted octanol–water partition coefficient (Wildman–Crippen LogP) is 1.79. The lowest BCUT2D eigenvalue weighted by molar-refractivity contribution is -0.129. The molecular weight excluding hydrogens is 328 g/mol. The van der Waals surface area contributed by atoms with Crippen molar-refractivity contribution >= 4 is 23.8 Å². The van der Waals surface area contributed by atoms with E-state index in [2.05, 4.69) is 16.9 Å². The molecule has 0 radical (unpaired) electrons. The fraction of sp³-hybridized carbons (Fsp3) is 0.625. The van der Waals surface area contributed by atoms with Crippen molar-refractivity contribution in [2.75, 3.05) is 25.4 Å². The van der Waals surface area contributed by atoms with Crippen molar-refractivity contribution in [1.29, 1.82) is 0 Å². The summed E-state index contributed by atoms with van der Waals surface area (Å²) in [5, 5.41) is 0.617. The van der Waals surface area contributed by atoms with Gasteiger partial charge in [0.2, 0.25) is 5.91 Å². The standard InChI is InChI=1S/C16H22N4O3S/c1-2-12-10-23-16(22)20(12)13-4-8-19(9-5-13)14(21)11-24-15-17-6-3-7-18-15/h3,6-7,12-13H,2,4-5,8-11H2,1H3. The van der Waals surface area contributed by atoms with Gasteiger partial charge in [0.1, 0.15) is 6.61 Å². The number of aromatic nitrogens is 2. The molecule has 2 amide bonds. The minimum Gasteiger partial charge on any atom is -0.447 e. The average molecular weight is 350 g/mol. The fourth-order valence-electron chi connectivity index (χ4n) is 3.20. The fourth-order valence-corrected chi connectivity index (χ4v) is 3.91. The Labute approximate surface area is 145 Å². The SMILES string of the molecule is CCC1COC(=O)N1C1CCN(C(=O)CSc2ncccn2)CC1. The van der Waals surface area contributed by atoms with Crippen molar-refractivity contribution in [3.05, 3.63) is 18.5 Å². The number of piperidine rings is 1. The summed E-state index contributed by atoms with van der Waals surface area (Å²) in [6.45, 7) is 3.92. The number of nitrogens with zero attached hydrogens (tertiary/aromatic N) is 4. The highest BCUT2D eigenvalue weighted by Crippen LogP contribution is 2.25. The molecule has 8 heteroatoms. The molecule has 1 unspecified atom stereocenters. The first-order chi connectivity index (χ1) is 11.7. The molecule has 2 fully saturated rings. The number of hydrogen-bond acceptors (Lipinski definition) is 6. The number of rotatable bonds is 5. The summed E-state index contributed by atoms with van der Waals surface area (Å²) in [7, 11) is 0. The molecule has 2 aliphatic heterocycles. The van der Waals surface area contributed by atoms with Crippen LogP contribution >= 0.6 is 11.8 Å². The second kappa shape index (κ2) is 7.83. The lowest BCUT2D eigenvalue weighted by Crippen LogP contribution is -2.50. The Morgan fingerprint density at radius 2 is 2.04 bits per heavy atom. The van der Waals surface area contributed by atoms with Crippen LogP contribution in [0.1, 0.15) is 26.2 Å². The smallest absolute Gasteiger partial charge is 0.410 e. The van der Waals surface area contributed by atoms with Crippen LogP contribution < -0.4 is 0 Å². The maximum atomic E-state index is 12.3. The van der Waals surface area contributed by atoms with E-state index in [1.807, 2.05) is 9.80 Å². The van der Waals surface area contributed by atoms with Crippen molar-refractivity contribution in [3.63, 3.8) is 0 Å². The molecule has 0 spiro atoms. The second-order valence-corrected chi connectivity index (χ2v) is 6.92. The molecule has 1 aromatic heterocycles. The molecule has 2 aliphatic rings. The Bertz CT molecular complexity index is 578. The van der Waals surface area contributed by atoms with Crippen LogP contribution in [0, 0.1) is 0 Å². The summed E-state index contributed by atoms with van der Waals surface area (Å²) in [4.78, 5) is 36.2. The summed E-state index contributed by atoms with van der Waals surface area (Å²) < 4.78 is 5.17. The van der Waals surface area contributed by atoms with Gasteiger partial charge in [-0.25, -0.2) is 14.8 Å². The van der Waals surface area contributed by atoms with Crippen molar-refractivity contribution in [1.82, 2.24) is 19.8 Å². The first-order valence-electron chi connectivity index (χ1n) is 8.31. The van der Waals surface area contributed by atoms with Crippen LogP contribution in [0.4, 0.5) is 4.79 Å². The number of likely N-dealkylation sites (tertiary alicyclic amines) is 1. The van der Waals surface area contributed by atoms with E-state index in [0.717, 1.165) is 19.3 Å². The summed E-state index contributed by atoms with van der Waals surface area (Å²) >= 11 is 1.35. The molecule has 24 heavy (non-hydrogen) atoms. The molecular formula is C16H22N4O3S. The van der Waals surface area contributed by atoms with Crippen LogP contribution in [0.3, 0.4) is 0 Å². The second-order valence-electron chi connectivity index (χ2n) is 5.98. The summed E-state index contributed by atoms with van der Waals surface area (Å²) in [5.41, 5.74) is 0. The van der Waals surface area contributed by atoms with Gasteiger partial charge in [0.05, 0.1) is 11.8 Å². The minimum absolute atomic E-state index is 0.0990. The zero-order chi connectivity index (χ0) is 16.9. The van der Waals surface area contributed by atoms with E-state index < -0.39 is 0 Å². The third-order valence-corrected chi connectivity index (χ3v) is 5.41. The lowest BCUT2D eigenvalue weighted by atomic mass is 10.0. The number of ether oxygens (including phenoxy) is 1. The Morgan fingerprint density at radius 3 is 2.71 bits per heavy atom. The Hall–Kier alpha value is -1.83. The number of hydrogen-bond donors (Lipinski definition) is 0. The summed E-state index contributed by atoms with van der Waals surface area (Å²) in [6.07, 6.45) is 5.66. The van der Waals surface area contributed by atoms with E-state index in [4.69, 9.17) is 4.74 Å². The van der Waals surface area contributed by atoms with Crippen molar-refractivity contribution in [2.24, 2.45) is 0 Å². The highest BCUT2D eigenvalue weighted by molar-refractivity contribution is 7.99. The Kier molecular flexibility index (Phi) is 5.55. The summed E-state index contributed by atoms with van der Waals surface area (Å²) in [6, 6.07) is 2.11. The first-order valence-corrected chi connectivity index (χ1v) is 9.30. The average Bonchev–Trinajstić information content (AvgIpc) is 3.01. The van der Waals surface area contributed by atoms with Gasteiger partial charge in [-0.15, -0.1) is 0 Å². The van der Waals surface area contributed by atoms with Crippen molar-refractivity contribution in [3.8, 4) is 0 Å². The quantitative estimate of drug-likeness (QED) is 0.595. The van der Waals surface area contributed by atoms with Gasteiger partial charge in [-0.3, -0.25) is 9.69 Å². The summed E-state index contributed by atoms with van der Waals surface area (Å²) in [5.74, 6) is 0.444. The number of thioether (sulfide) groups is 1. The van der Waals surface area contributed by atoms with E-state index in [1.54, 1.807) is 18.5 Å². The molecule has 2 saturated heterocycles. The molecule has 7 nitrogen and oxygen atoms in total. The highest BCUT2D eigenvalue weighted by atomic mass is 32.2. The van der Waals surface area contributed by atoms with Gasteiger partial charge in [-0.1, -0.05) is 18.7 Å². The molecule has 0 bridgehead atoms. The first kappa shape index (κ1) is 17.0. The van der Waals surface area contributed by atoms with Gasteiger partial charge in [-0.05, 0) is 25.3 Å². The topological polar surface area (TPSA) is 75.6 Å². The normalized spacial score (nSPS) is 21.9. The van der Waals surface area contributed by atoms with Crippen LogP contribution in [0.2, 0.25) is 0 Å². The largest absolute Gasteiger partial charge is 0.447 e.